The van der Waals surface area contributed by atoms with E-state index in [1.807, 2.05) is 21.1 Å². The van der Waals surface area contributed by atoms with Gasteiger partial charge in [-0.15, -0.1) is 0 Å². The lowest BCUT2D eigenvalue weighted by Gasteiger charge is -2.28. The zero-order valence-corrected chi connectivity index (χ0v) is 39.2. The average Bonchev–Trinajstić information content (AvgIpc) is 3.16. The molecule has 0 fully saturated rings. The van der Waals surface area contributed by atoms with Gasteiger partial charge in [-0.1, -0.05) is 213 Å². The lowest BCUT2D eigenvalue weighted by Crippen LogP contribution is -2.37. The van der Waals surface area contributed by atoms with Crippen LogP contribution in [0.3, 0.4) is 0 Å². The van der Waals surface area contributed by atoms with Gasteiger partial charge >= 0.3 is 11.9 Å². The number of unbranched alkanes of at least 4 members (excludes halogenated alkanes) is 31. The number of phosphoric acid groups is 1. The van der Waals surface area contributed by atoms with Crippen molar-refractivity contribution in [1.82, 2.24) is 0 Å². The minimum absolute atomic E-state index is 0.0255. The van der Waals surface area contributed by atoms with Gasteiger partial charge < -0.3 is 27.9 Å². The minimum Gasteiger partial charge on any atom is -0.756 e. The van der Waals surface area contributed by atoms with Crippen LogP contribution in [0.2, 0.25) is 0 Å². The maximum atomic E-state index is 12.7. The molecule has 0 radical (unpaired) electrons. The van der Waals surface area contributed by atoms with E-state index in [-0.39, 0.29) is 32.0 Å². The van der Waals surface area contributed by atoms with Gasteiger partial charge in [-0.2, -0.15) is 0 Å². The fraction of sp³-hybridized carbons (Fsp3) is 0.957. The number of hydrogen-bond acceptors (Lipinski definition) is 8. The molecule has 0 saturated carbocycles. The highest BCUT2D eigenvalue weighted by Gasteiger charge is 2.21. The number of quaternary nitrogens is 1. The van der Waals surface area contributed by atoms with Crippen molar-refractivity contribution in [1.29, 1.82) is 0 Å². The van der Waals surface area contributed by atoms with Crippen molar-refractivity contribution < 1.29 is 42.1 Å². The molecule has 0 N–H and O–H groups in total. The van der Waals surface area contributed by atoms with Crippen LogP contribution in [-0.4, -0.2) is 70.0 Å². The monoisotopic (exact) mass is 832 g/mol. The maximum Gasteiger partial charge on any atom is 0.306 e. The lowest BCUT2D eigenvalue weighted by molar-refractivity contribution is -0.870. The van der Waals surface area contributed by atoms with E-state index in [0.717, 1.165) is 32.1 Å². The Balaban J connectivity index is 4.24. The highest BCUT2D eigenvalue weighted by molar-refractivity contribution is 7.45. The van der Waals surface area contributed by atoms with Crippen molar-refractivity contribution in [3.05, 3.63) is 0 Å². The van der Waals surface area contributed by atoms with Crippen LogP contribution in [0, 0.1) is 0 Å². The normalized spacial score (nSPS) is 13.4. The summed E-state index contributed by atoms with van der Waals surface area (Å²) in [6, 6.07) is 0. The van der Waals surface area contributed by atoms with Crippen molar-refractivity contribution in [2.75, 3.05) is 47.5 Å². The molecule has 0 saturated heterocycles. The van der Waals surface area contributed by atoms with Crippen molar-refractivity contribution in [3.8, 4) is 0 Å². The molecule has 0 bridgehead atoms. The number of carbonyl (C=O) groups is 2. The summed E-state index contributed by atoms with van der Waals surface area (Å²) in [5, 5.41) is 0. The Morgan fingerprint density at radius 2 is 0.789 bits per heavy atom. The second-order valence-electron chi connectivity index (χ2n) is 17.8. The quantitative estimate of drug-likeness (QED) is 0.0258. The lowest BCUT2D eigenvalue weighted by atomic mass is 10.0. The first kappa shape index (κ1) is 56.0. The largest absolute Gasteiger partial charge is 0.756 e. The van der Waals surface area contributed by atoms with E-state index in [2.05, 4.69) is 13.8 Å². The molecule has 0 spiro atoms. The number of hydrogen-bond donors (Lipinski definition) is 0. The Hall–Kier alpha value is -0.990. The summed E-state index contributed by atoms with van der Waals surface area (Å²) in [4.78, 5) is 37.6. The predicted octanol–water partition coefficient (Wildman–Crippen LogP) is 13.3. The van der Waals surface area contributed by atoms with Crippen LogP contribution in [0.5, 0.6) is 0 Å². The highest BCUT2D eigenvalue weighted by Crippen LogP contribution is 2.38. The standard InChI is InChI=1S/C47H94NO8P/c1-6-8-10-12-14-16-18-20-22-24-26-27-29-31-33-35-37-39-46(49)53-43-45(44-55-57(51,52)54-42-41-48(3,4)5)56-47(50)40-38-36-34-32-30-28-25-23-21-19-17-15-13-11-9-7-2/h45H,6-44H2,1-5H3/t45-/m1/s1. The van der Waals surface area contributed by atoms with Gasteiger partial charge in [0.05, 0.1) is 27.7 Å². The zero-order valence-electron chi connectivity index (χ0n) is 38.3. The summed E-state index contributed by atoms with van der Waals surface area (Å²) >= 11 is 0. The molecule has 57 heavy (non-hydrogen) atoms. The third kappa shape index (κ3) is 44.4. The molecular formula is C47H94NO8P. The molecule has 1 unspecified atom stereocenters. The summed E-state index contributed by atoms with van der Waals surface area (Å²) in [5.74, 6) is -0.816. The fourth-order valence-corrected chi connectivity index (χ4v) is 7.80. The summed E-state index contributed by atoms with van der Waals surface area (Å²) < 4.78 is 34.0. The third-order valence-electron chi connectivity index (χ3n) is 10.9. The van der Waals surface area contributed by atoms with Crippen molar-refractivity contribution in [3.63, 3.8) is 0 Å². The first-order chi connectivity index (χ1) is 27.5. The number of carbonyl (C=O) groups excluding carboxylic acids is 2. The Morgan fingerprint density at radius 3 is 1.12 bits per heavy atom. The Labute approximate surface area is 353 Å². The van der Waals surface area contributed by atoms with Crippen molar-refractivity contribution in [2.24, 2.45) is 0 Å². The molecule has 10 heteroatoms. The first-order valence-electron chi connectivity index (χ1n) is 24.2. The molecule has 9 nitrogen and oxygen atoms in total. The summed E-state index contributed by atoms with van der Waals surface area (Å²) in [6.45, 7) is 4.28. The Kier molecular flexibility index (Phi) is 39.7. The molecule has 0 aliphatic rings. The van der Waals surface area contributed by atoms with Gasteiger partial charge in [0.15, 0.2) is 6.10 Å². The van der Waals surface area contributed by atoms with Gasteiger partial charge in [0.25, 0.3) is 7.82 Å². The highest BCUT2D eigenvalue weighted by atomic mass is 31.2. The molecule has 0 rings (SSSR count). The molecule has 0 aliphatic carbocycles. The predicted molar refractivity (Wildman–Crippen MR) is 236 cm³/mol. The van der Waals surface area contributed by atoms with Gasteiger partial charge in [-0.25, -0.2) is 0 Å². The molecule has 0 aromatic heterocycles. The molecule has 0 aromatic carbocycles. The zero-order chi connectivity index (χ0) is 42.1. The SMILES string of the molecule is CCCCCCCCCCCCCCCCCCCC(=O)OC[C@H](COP(=O)([O-])OCC[N+](C)(C)C)OC(=O)CCCCCCCCCCCCCCCCCC. The smallest absolute Gasteiger partial charge is 0.306 e. The van der Waals surface area contributed by atoms with E-state index in [1.54, 1.807) is 0 Å². The third-order valence-corrected chi connectivity index (χ3v) is 11.8. The van der Waals surface area contributed by atoms with Crippen LogP contribution >= 0.6 is 7.82 Å². The van der Waals surface area contributed by atoms with Gasteiger partial charge in [-0.3, -0.25) is 14.2 Å². The number of likely N-dealkylation sites (N-methyl/N-ethyl adjacent to an activating group) is 1. The van der Waals surface area contributed by atoms with Crippen molar-refractivity contribution >= 4 is 19.8 Å². The van der Waals surface area contributed by atoms with E-state index in [0.29, 0.717) is 17.4 Å². The van der Waals surface area contributed by atoms with E-state index in [9.17, 15) is 19.0 Å². The van der Waals surface area contributed by atoms with Gasteiger partial charge in [0, 0.05) is 12.8 Å². The number of nitrogens with zero attached hydrogens (tertiary/aromatic N) is 1. The van der Waals surface area contributed by atoms with E-state index in [1.165, 1.54) is 173 Å². The van der Waals surface area contributed by atoms with E-state index < -0.39 is 26.5 Å². The Bertz CT molecular complexity index is 943. The summed E-state index contributed by atoms with van der Waals surface area (Å²) in [5.41, 5.74) is 0. The van der Waals surface area contributed by atoms with Gasteiger partial charge in [0.1, 0.15) is 19.8 Å². The van der Waals surface area contributed by atoms with Crippen LogP contribution < -0.4 is 4.89 Å². The molecule has 0 amide bonds. The summed E-state index contributed by atoms with van der Waals surface area (Å²) in [7, 11) is 1.18. The van der Waals surface area contributed by atoms with Gasteiger partial charge in [-0.05, 0) is 12.8 Å². The molecule has 2 atom stereocenters. The van der Waals surface area contributed by atoms with Gasteiger partial charge in [0.2, 0.25) is 0 Å². The molecule has 340 valence electrons. The second kappa shape index (κ2) is 40.4. The van der Waals surface area contributed by atoms with E-state index >= 15 is 0 Å². The topological polar surface area (TPSA) is 111 Å². The number of phosphoric ester groups is 1. The second-order valence-corrected chi connectivity index (χ2v) is 19.3. The minimum atomic E-state index is -4.62. The van der Waals surface area contributed by atoms with Crippen LogP contribution in [0.1, 0.15) is 239 Å². The summed E-state index contributed by atoms with van der Waals surface area (Å²) in [6.07, 6.45) is 41.2. The van der Waals surface area contributed by atoms with E-state index in [4.69, 9.17) is 18.5 Å². The average molecular weight is 832 g/mol. The number of ether oxygens (including phenoxy) is 2. The molecule has 0 heterocycles. The molecule has 0 aromatic rings. The first-order valence-corrected chi connectivity index (χ1v) is 25.7. The van der Waals surface area contributed by atoms with Crippen LogP contribution in [0.25, 0.3) is 0 Å². The number of rotatable bonds is 45. The maximum absolute atomic E-state index is 12.7. The fourth-order valence-electron chi connectivity index (χ4n) is 7.07. The van der Waals surface area contributed by atoms with Crippen molar-refractivity contribution in [2.45, 2.75) is 245 Å². The van der Waals surface area contributed by atoms with Crippen LogP contribution in [-0.2, 0) is 32.7 Å². The Morgan fingerprint density at radius 1 is 0.474 bits per heavy atom. The molecular weight excluding hydrogens is 737 g/mol. The molecule has 0 aliphatic heterocycles. The van der Waals surface area contributed by atoms with Crippen LogP contribution in [0.4, 0.5) is 0 Å². The number of esters is 2. The van der Waals surface area contributed by atoms with Crippen LogP contribution in [0.15, 0.2) is 0 Å².